The Morgan fingerprint density at radius 1 is 1.28 bits per heavy atom. The van der Waals surface area contributed by atoms with Crippen LogP contribution < -0.4 is 15.8 Å². The number of nitrogens with one attached hydrogen (secondary N) is 3. The summed E-state index contributed by atoms with van der Waals surface area (Å²) in [5.41, 5.74) is 7.07. The predicted octanol–water partition coefficient (Wildman–Crippen LogP) is 2.92. The third-order valence-electron chi connectivity index (χ3n) is 5.89. The quantitative estimate of drug-likeness (QED) is 0.681. The molecule has 3 atom stereocenters. The average molecular weight is 435 g/mol. The Balaban J connectivity index is 1.55. The van der Waals surface area contributed by atoms with Crippen molar-refractivity contribution >= 4 is 46.0 Å². The van der Waals surface area contributed by atoms with Crippen LogP contribution >= 0.6 is 23.4 Å². The zero-order valence-electron chi connectivity index (χ0n) is 16.7. The second-order valence-corrected chi connectivity index (χ2v) is 9.33. The summed E-state index contributed by atoms with van der Waals surface area (Å²) >= 11 is 7.84. The molecule has 3 aliphatic heterocycles. The normalized spacial score (nSPS) is 27.8. The van der Waals surface area contributed by atoms with E-state index in [0.29, 0.717) is 27.7 Å². The molecule has 3 unspecified atom stereocenters. The number of hydrogen-bond acceptors (Lipinski definition) is 6. The molecule has 0 aromatic heterocycles. The molecule has 1 amide bonds. The second kappa shape index (κ2) is 8.63. The lowest BCUT2D eigenvalue weighted by molar-refractivity contribution is -0.129. The standard InChI is InChI=1S/C20H27ClN6OS/c1-12-7-9-26(10-8-12)16(28)11-29-20-23-19-17(13(2)24-25-19)18(22)27(20)15-6-4-3-5-14(15)21/h3-6,12-13,17,19,22,24-25H,7-11H2,1-2H3. The summed E-state index contributed by atoms with van der Waals surface area (Å²) in [6.07, 6.45) is 1.90. The monoisotopic (exact) mass is 434 g/mol. The van der Waals surface area contributed by atoms with E-state index in [1.54, 1.807) is 4.90 Å². The summed E-state index contributed by atoms with van der Waals surface area (Å²) in [6, 6.07) is 7.55. The van der Waals surface area contributed by atoms with Gasteiger partial charge in [-0.05, 0) is 37.8 Å². The first kappa shape index (κ1) is 20.7. The minimum Gasteiger partial charge on any atom is -0.342 e. The van der Waals surface area contributed by atoms with Crippen molar-refractivity contribution < 1.29 is 4.79 Å². The van der Waals surface area contributed by atoms with Crippen LogP contribution in [0.1, 0.15) is 26.7 Å². The topological polar surface area (TPSA) is 83.8 Å². The van der Waals surface area contributed by atoms with Gasteiger partial charge in [-0.2, -0.15) is 0 Å². The summed E-state index contributed by atoms with van der Waals surface area (Å²) in [5.74, 6) is 1.45. The fourth-order valence-corrected chi connectivity index (χ4v) is 5.21. The molecule has 29 heavy (non-hydrogen) atoms. The van der Waals surface area contributed by atoms with E-state index in [-0.39, 0.29) is 24.0 Å². The van der Waals surface area contributed by atoms with Crippen molar-refractivity contribution in [3.8, 4) is 0 Å². The first-order valence-corrected chi connectivity index (χ1v) is 11.4. The van der Waals surface area contributed by atoms with Gasteiger partial charge >= 0.3 is 0 Å². The molecule has 0 aliphatic carbocycles. The number of anilines is 1. The number of carbonyl (C=O) groups excluding carboxylic acids is 1. The molecule has 3 N–H and O–H groups in total. The maximum absolute atomic E-state index is 12.7. The summed E-state index contributed by atoms with van der Waals surface area (Å²) in [5, 5.41) is 10.1. The van der Waals surface area contributed by atoms with Crippen molar-refractivity contribution in [3.63, 3.8) is 0 Å². The van der Waals surface area contributed by atoms with Crippen LogP contribution in [-0.2, 0) is 4.79 Å². The molecule has 4 rings (SSSR count). The fourth-order valence-electron chi connectivity index (χ4n) is 4.04. The highest BCUT2D eigenvalue weighted by atomic mass is 35.5. The number of nitrogens with zero attached hydrogens (tertiary/aromatic N) is 3. The van der Waals surface area contributed by atoms with Crippen molar-refractivity contribution in [2.24, 2.45) is 16.8 Å². The zero-order valence-corrected chi connectivity index (χ0v) is 18.3. The number of carbonyl (C=O) groups is 1. The molecule has 2 fully saturated rings. The van der Waals surface area contributed by atoms with Gasteiger partial charge in [0.25, 0.3) is 0 Å². The number of benzene rings is 1. The number of hydrogen-bond donors (Lipinski definition) is 3. The number of fused-ring (bicyclic) bond motifs is 1. The molecule has 156 valence electrons. The number of aliphatic imine (C=N–C) groups is 1. The first-order valence-electron chi connectivity index (χ1n) is 10.1. The Morgan fingerprint density at radius 3 is 2.72 bits per heavy atom. The molecular weight excluding hydrogens is 408 g/mol. The summed E-state index contributed by atoms with van der Waals surface area (Å²) < 4.78 is 0. The van der Waals surface area contributed by atoms with E-state index in [2.05, 4.69) is 17.8 Å². The van der Waals surface area contributed by atoms with E-state index in [0.717, 1.165) is 31.6 Å². The lowest BCUT2D eigenvalue weighted by atomic mass is 9.97. The first-order chi connectivity index (χ1) is 14.0. The Morgan fingerprint density at radius 2 is 2.00 bits per heavy atom. The third kappa shape index (κ3) is 4.17. The van der Waals surface area contributed by atoms with Crippen LogP contribution in [0.25, 0.3) is 0 Å². The number of amidine groups is 2. The Labute approximate surface area is 180 Å². The number of amides is 1. The van der Waals surface area contributed by atoms with E-state index in [1.165, 1.54) is 11.8 Å². The lowest BCUT2D eigenvalue weighted by Crippen LogP contribution is -2.50. The predicted molar refractivity (Wildman–Crippen MR) is 120 cm³/mol. The molecule has 7 nitrogen and oxygen atoms in total. The molecule has 3 aliphatic rings. The van der Waals surface area contributed by atoms with Crippen LogP contribution in [0.3, 0.4) is 0 Å². The Bertz CT molecular complexity index is 825. The van der Waals surface area contributed by atoms with Gasteiger partial charge in [0.1, 0.15) is 12.0 Å². The van der Waals surface area contributed by atoms with E-state index in [1.807, 2.05) is 36.1 Å². The number of para-hydroxylation sites is 1. The van der Waals surface area contributed by atoms with Gasteiger partial charge in [-0.25, -0.2) is 10.4 Å². The van der Waals surface area contributed by atoms with E-state index >= 15 is 0 Å². The van der Waals surface area contributed by atoms with Gasteiger partial charge < -0.3 is 4.90 Å². The summed E-state index contributed by atoms with van der Waals surface area (Å²) in [4.78, 5) is 21.3. The van der Waals surface area contributed by atoms with Crippen molar-refractivity contribution in [1.29, 1.82) is 5.41 Å². The summed E-state index contributed by atoms with van der Waals surface area (Å²) in [6.45, 7) is 5.92. The van der Waals surface area contributed by atoms with Crippen molar-refractivity contribution in [3.05, 3.63) is 29.3 Å². The molecule has 0 radical (unpaired) electrons. The second-order valence-electron chi connectivity index (χ2n) is 7.98. The Hall–Kier alpha value is -1.61. The molecule has 1 aromatic rings. The highest BCUT2D eigenvalue weighted by molar-refractivity contribution is 8.14. The molecule has 0 spiro atoms. The van der Waals surface area contributed by atoms with E-state index < -0.39 is 0 Å². The van der Waals surface area contributed by atoms with Crippen LogP contribution in [0.4, 0.5) is 5.69 Å². The number of piperidine rings is 1. The van der Waals surface area contributed by atoms with Gasteiger partial charge in [0.2, 0.25) is 5.91 Å². The van der Waals surface area contributed by atoms with Crippen LogP contribution in [0, 0.1) is 17.2 Å². The number of hydrazine groups is 1. The van der Waals surface area contributed by atoms with Gasteiger partial charge in [-0.3, -0.25) is 20.5 Å². The van der Waals surface area contributed by atoms with Crippen molar-refractivity contribution in [2.45, 2.75) is 38.9 Å². The van der Waals surface area contributed by atoms with Crippen molar-refractivity contribution in [1.82, 2.24) is 15.8 Å². The lowest BCUT2D eigenvalue weighted by Gasteiger charge is -2.36. The smallest absolute Gasteiger partial charge is 0.233 e. The number of rotatable bonds is 3. The van der Waals surface area contributed by atoms with Gasteiger partial charge in [-0.15, -0.1) is 0 Å². The minimum atomic E-state index is -0.218. The number of likely N-dealkylation sites (tertiary alicyclic amines) is 1. The SMILES string of the molecule is CC1CCN(C(=O)CSC2=NC3NNC(C)C3C(=N)N2c2ccccc2Cl)CC1. The highest BCUT2D eigenvalue weighted by Gasteiger charge is 2.44. The van der Waals surface area contributed by atoms with Gasteiger partial charge in [0.15, 0.2) is 5.17 Å². The highest BCUT2D eigenvalue weighted by Crippen LogP contribution is 2.35. The van der Waals surface area contributed by atoms with Gasteiger partial charge in [-0.1, -0.05) is 42.4 Å². The minimum absolute atomic E-state index is 0.0739. The Kier molecular flexibility index (Phi) is 6.15. The van der Waals surface area contributed by atoms with Crippen LogP contribution in [0.5, 0.6) is 0 Å². The summed E-state index contributed by atoms with van der Waals surface area (Å²) in [7, 11) is 0. The van der Waals surface area contributed by atoms with Crippen molar-refractivity contribution in [2.75, 3.05) is 23.7 Å². The number of thioether (sulfide) groups is 1. The third-order valence-corrected chi connectivity index (χ3v) is 7.15. The fraction of sp³-hybridized carbons (Fsp3) is 0.550. The largest absolute Gasteiger partial charge is 0.342 e. The van der Waals surface area contributed by atoms with Crippen LogP contribution in [0.2, 0.25) is 5.02 Å². The molecule has 1 aromatic carbocycles. The maximum Gasteiger partial charge on any atom is 0.233 e. The van der Waals surface area contributed by atoms with Gasteiger partial charge in [0.05, 0.1) is 22.4 Å². The number of halogens is 1. The zero-order chi connectivity index (χ0) is 20.5. The molecule has 0 saturated carbocycles. The molecule has 9 heteroatoms. The molecule has 3 heterocycles. The maximum atomic E-state index is 12.7. The van der Waals surface area contributed by atoms with Gasteiger partial charge in [0, 0.05) is 19.1 Å². The van der Waals surface area contributed by atoms with E-state index in [4.69, 9.17) is 22.0 Å². The average Bonchev–Trinajstić information content (AvgIpc) is 3.08. The van der Waals surface area contributed by atoms with Crippen LogP contribution in [-0.4, -0.2) is 52.9 Å². The van der Waals surface area contributed by atoms with Crippen LogP contribution in [0.15, 0.2) is 29.3 Å². The van der Waals surface area contributed by atoms with E-state index in [9.17, 15) is 4.79 Å². The molecule has 2 saturated heterocycles. The molecular formula is C20H27ClN6OS. The molecule has 0 bridgehead atoms.